The molecule has 208 valence electrons. The highest BCUT2D eigenvalue weighted by atomic mass is 19.1. The van der Waals surface area contributed by atoms with E-state index in [0.717, 1.165) is 17.1 Å². The van der Waals surface area contributed by atoms with Crippen LogP contribution < -0.4 is 16.4 Å². The summed E-state index contributed by atoms with van der Waals surface area (Å²) < 4.78 is 20.6. The predicted molar refractivity (Wildman–Crippen MR) is 140 cm³/mol. The SMILES string of the molecule is CN(C)C(=O)C12CC3C1C1C2=CC31CNC(=O)c1cc(C(=O)NCc2ccc3oc(=O)[nH]c3c2)nc2c(F)cnn12. The topological polar surface area (TPSA) is 155 Å². The molecule has 0 aliphatic heterocycles. The zero-order valence-electron chi connectivity index (χ0n) is 22.0. The van der Waals surface area contributed by atoms with Gasteiger partial charge in [-0.05, 0) is 41.9 Å². The Morgan fingerprint density at radius 2 is 2.05 bits per heavy atom. The lowest BCUT2D eigenvalue weighted by Crippen LogP contribution is -2.88. The fraction of sp³-hybridized carbons (Fsp3) is 0.357. The molecule has 3 heterocycles. The van der Waals surface area contributed by atoms with Gasteiger partial charge in [0.15, 0.2) is 17.0 Å². The first-order valence-corrected chi connectivity index (χ1v) is 13.3. The van der Waals surface area contributed by atoms with E-state index in [1.165, 1.54) is 11.6 Å². The second-order valence-corrected chi connectivity index (χ2v) is 11.7. The van der Waals surface area contributed by atoms with Crippen molar-refractivity contribution in [2.45, 2.75) is 13.0 Å². The Hall–Kier alpha value is -4.81. The second-order valence-electron chi connectivity index (χ2n) is 11.7. The van der Waals surface area contributed by atoms with Gasteiger partial charge in [0.2, 0.25) is 5.91 Å². The van der Waals surface area contributed by atoms with Crippen molar-refractivity contribution in [1.82, 2.24) is 35.1 Å². The fourth-order valence-corrected chi connectivity index (χ4v) is 7.83. The van der Waals surface area contributed by atoms with Gasteiger partial charge >= 0.3 is 5.76 Å². The van der Waals surface area contributed by atoms with Crippen LogP contribution in [0, 0.1) is 34.4 Å². The van der Waals surface area contributed by atoms with Crippen molar-refractivity contribution in [1.29, 1.82) is 0 Å². The number of aromatic nitrogens is 4. The standard InChI is InChI=1S/C28H24FN7O5/c1-35(2)25(39)28-8-13-21(28)20-14(28)7-27(13,20)11-31-24(38)18-6-17(33-22-15(29)10-32-36(18)22)23(37)30-9-12-3-4-19-16(5-12)34-26(40)41-19/h3-7,10,13,20-21H,8-9,11H2,1-2H3,(H,30,37)(H,31,38)(H,34,40). The van der Waals surface area contributed by atoms with Crippen LogP contribution in [0.2, 0.25) is 0 Å². The molecule has 41 heavy (non-hydrogen) atoms. The molecular weight excluding hydrogens is 533 g/mol. The van der Waals surface area contributed by atoms with Crippen molar-refractivity contribution in [2.75, 3.05) is 20.6 Å². The van der Waals surface area contributed by atoms with Gasteiger partial charge in [0.05, 0.1) is 17.1 Å². The van der Waals surface area contributed by atoms with Crippen LogP contribution in [0.1, 0.15) is 33.0 Å². The highest BCUT2D eigenvalue weighted by Crippen LogP contribution is 2.92. The van der Waals surface area contributed by atoms with E-state index in [1.54, 1.807) is 37.2 Å². The van der Waals surface area contributed by atoms with Gasteiger partial charge in [-0.1, -0.05) is 17.7 Å². The smallest absolute Gasteiger partial charge is 0.408 e. The summed E-state index contributed by atoms with van der Waals surface area (Å²) in [5.74, 6) is -1.25. The molecule has 13 heteroatoms. The van der Waals surface area contributed by atoms with E-state index in [4.69, 9.17) is 4.42 Å². The van der Waals surface area contributed by atoms with Crippen LogP contribution in [0.15, 0.2) is 51.3 Å². The van der Waals surface area contributed by atoms with Gasteiger partial charge in [-0.25, -0.2) is 18.7 Å². The number of rotatable bonds is 7. The Kier molecular flexibility index (Phi) is 4.50. The summed E-state index contributed by atoms with van der Waals surface area (Å²) in [5.41, 5.74) is 1.91. The maximum atomic E-state index is 14.5. The van der Waals surface area contributed by atoms with E-state index >= 15 is 0 Å². The van der Waals surface area contributed by atoms with Gasteiger partial charge in [0, 0.05) is 38.7 Å². The Bertz CT molecular complexity index is 1960. The first-order valence-electron chi connectivity index (χ1n) is 13.3. The Morgan fingerprint density at radius 3 is 2.76 bits per heavy atom. The zero-order valence-corrected chi connectivity index (χ0v) is 22.0. The number of nitrogens with one attached hydrogen (secondary N) is 3. The predicted octanol–water partition coefficient (Wildman–Crippen LogP) is 1.24. The Morgan fingerprint density at radius 1 is 1.22 bits per heavy atom. The zero-order chi connectivity index (χ0) is 28.4. The van der Waals surface area contributed by atoms with E-state index in [9.17, 15) is 23.6 Å². The van der Waals surface area contributed by atoms with Crippen LogP contribution in [-0.4, -0.2) is 62.8 Å². The van der Waals surface area contributed by atoms with Crippen LogP contribution in [0.5, 0.6) is 0 Å². The van der Waals surface area contributed by atoms with Gasteiger partial charge in [0.25, 0.3) is 11.8 Å². The van der Waals surface area contributed by atoms with E-state index < -0.39 is 23.4 Å². The molecule has 4 aliphatic carbocycles. The van der Waals surface area contributed by atoms with E-state index in [-0.39, 0.29) is 40.3 Å². The average Bonchev–Trinajstić information content (AvgIpc) is 3.52. The lowest BCUT2D eigenvalue weighted by atomic mass is 9.14. The van der Waals surface area contributed by atoms with Crippen molar-refractivity contribution >= 4 is 34.5 Å². The van der Waals surface area contributed by atoms with Gasteiger partial charge in [-0.15, -0.1) is 0 Å². The van der Waals surface area contributed by atoms with Crippen LogP contribution >= 0.6 is 0 Å². The molecule has 8 rings (SSSR count). The molecule has 0 radical (unpaired) electrons. The molecule has 0 spiro atoms. The molecule has 0 bridgehead atoms. The number of carbonyl (C=O) groups is 3. The van der Waals surface area contributed by atoms with Crippen molar-refractivity contribution in [2.24, 2.45) is 28.6 Å². The number of carbonyl (C=O) groups excluding carboxylic acids is 3. The van der Waals surface area contributed by atoms with E-state index in [2.05, 4.69) is 31.8 Å². The quantitative estimate of drug-likeness (QED) is 0.289. The number of oxazole rings is 1. The molecule has 3 aromatic heterocycles. The number of nitrogens with zero attached hydrogens (tertiary/aromatic N) is 4. The van der Waals surface area contributed by atoms with Crippen LogP contribution in [0.4, 0.5) is 4.39 Å². The number of hydrogen-bond donors (Lipinski definition) is 3. The fourth-order valence-electron chi connectivity index (χ4n) is 7.83. The number of amides is 3. The van der Waals surface area contributed by atoms with Gasteiger partial charge in [-0.3, -0.25) is 19.4 Å². The highest BCUT2D eigenvalue weighted by molar-refractivity contribution is 5.98. The number of fused-ring (bicyclic) bond motifs is 4. The van der Waals surface area contributed by atoms with Crippen molar-refractivity contribution < 1.29 is 23.2 Å². The summed E-state index contributed by atoms with van der Waals surface area (Å²) in [6.07, 6.45) is 3.92. The molecule has 3 saturated carbocycles. The van der Waals surface area contributed by atoms with Crippen molar-refractivity contribution in [3.63, 3.8) is 0 Å². The average molecular weight is 558 g/mol. The number of benzene rings is 1. The largest absolute Gasteiger partial charge is 0.417 e. The maximum Gasteiger partial charge on any atom is 0.417 e. The van der Waals surface area contributed by atoms with Crippen LogP contribution in [-0.2, 0) is 11.3 Å². The number of aromatic amines is 1. The molecule has 3 N–H and O–H groups in total. The minimum absolute atomic E-state index is 0.0170. The normalized spacial score (nSPS) is 28.0. The molecule has 4 aliphatic rings. The summed E-state index contributed by atoms with van der Waals surface area (Å²) >= 11 is 0. The van der Waals surface area contributed by atoms with Gasteiger partial charge in [-0.2, -0.15) is 5.10 Å². The summed E-state index contributed by atoms with van der Waals surface area (Å²) in [7, 11) is 3.57. The number of hydrogen-bond acceptors (Lipinski definition) is 7. The first kappa shape index (κ1) is 24.0. The summed E-state index contributed by atoms with van der Waals surface area (Å²) in [6.45, 7) is 0.484. The van der Waals surface area contributed by atoms with E-state index in [0.29, 0.717) is 41.0 Å². The molecule has 5 unspecified atom stereocenters. The monoisotopic (exact) mass is 557 g/mol. The van der Waals surface area contributed by atoms with Crippen molar-refractivity contribution in [3.8, 4) is 0 Å². The molecule has 5 atom stereocenters. The third-order valence-electron chi connectivity index (χ3n) is 9.62. The summed E-state index contributed by atoms with van der Waals surface area (Å²) in [5, 5.41) is 9.64. The molecule has 1 aromatic carbocycles. The number of halogens is 1. The van der Waals surface area contributed by atoms with Crippen LogP contribution in [0.3, 0.4) is 0 Å². The van der Waals surface area contributed by atoms with Crippen molar-refractivity contribution in [3.05, 3.63) is 75.4 Å². The molecule has 3 amide bonds. The third kappa shape index (κ3) is 2.87. The van der Waals surface area contributed by atoms with Gasteiger partial charge in [0.1, 0.15) is 11.4 Å². The summed E-state index contributed by atoms with van der Waals surface area (Å²) in [6, 6.07) is 6.26. The lowest BCUT2D eigenvalue weighted by molar-refractivity contribution is -0.308. The molecule has 0 saturated heterocycles. The third-order valence-corrected chi connectivity index (χ3v) is 9.62. The Balaban J connectivity index is 1.00. The first-order chi connectivity index (χ1) is 19.6. The lowest BCUT2D eigenvalue weighted by Gasteiger charge is -2.89. The minimum atomic E-state index is -0.763. The molecule has 3 fully saturated rings. The Labute approximate surface area is 230 Å². The number of H-pyrrole nitrogens is 1. The van der Waals surface area contributed by atoms with E-state index in [1.807, 2.05) is 0 Å². The minimum Gasteiger partial charge on any atom is -0.408 e. The van der Waals surface area contributed by atoms with Gasteiger partial charge < -0.3 is 20.0 Å². The highest BCUT2D eigenvalue weighted by Gasteiger charge is 2.90. The molecule has 4 aromatic rings. The maximum absolute atomic E-state index is 14.5. The second kappa shape index (κ2) is 7.68. The molecular formula is C28H24FN7O5. The summed E-state index contributed by atoms with van der Waals surface area (Å²) in [4.78, 5) is 58.9. The molecule has 12 nitrogen and oxygen atoms in total. The van der Waals surface area contributed by atoms with Crippen LogP contribution in [0.25, 0.3) is 16.7 Å².